The predicted octanol–water partition coefficient (Wildman–Crippen LogP) is 3.78. The van der Waals surface area contributed by atoms with E-state index >= 15 is 0 Å². The van der Waals surface area contributed by atoms with Crippen LogP contribution in [-0.2, 0) is 28.5 Å². The Morgan fingerprint density at radius 3 is 2.42 bits per heavy atom. The molecule has 1 heterocycles. The second-order valence-electron chi connectivity index (χ2n) is 6.74. The smallest absolute Gasteiger partial charge is 0.330 e. The summed E-state index contributed by atoms with van der Waals surface area (Å²) in [6.07, 6.45) is 5.32. The zero-order valence-corrected chi connectivity index (χ0v) is 18.3. The lowest BCUT2D eigenvalue weighted by atomic mass is 9.97. The molecule has 0 bridgehead atoms. The number of methoxy groups -OCH3 is 1. The monoisotopic (exact) mass is 480 g/mol. The molecule has 0 radical (unpaired) electrons. The molecular formula is C19H29IO6. The first kappa shape index (κ1) is 23.1. The molecule has 1 rings (SSSR count). The first-order valence-electron chi connectivity index (χ1n) is 8.72. The molecule has 0 aromatic carbocycles. The van der Waals surface area contributed by atoms with Gasteiger partial charge < -0.3 is 18.9 Å². The summed E-state index contributed by atoms with van der Waals surface area (Å²) >= 11 is 2.24. The molecule has 3 atom stereocenters. The van der Waals surface area contributed by atoms with Crippen LogP contribution in [0.15, 0.2) is 21.8 Å². The molecule has 0 unspecified atom stereocenters. The summed E-state index contributed by atoms with van der Waals surface area (Å²) in [5, 5.41) is 0. The van der Waals surface area contributed by atoms with Crippen molar-refractivity contribution in [2.45, 2.75) is 52.4 Å². The third-order valence-corrected chi connectivity index (χ3v) is 4.44. The zero-order chi connectivity index (χ0) is 19.7. The lowest BCUT2D eigenvalue weighted by Crippen LogP contribution is -2.36. The molecule has 1 aliphatic rings. The first-order valence-corrected chi connectivity index (χ1v) is 9.80. The van der Waals surface area contributed by atoms with Gasteiger partial charge in [-0.15, -0.1) is 0 Å². The highest BCUT2D eigenvalue weighted by Gasteiger charge is 2.37. The van der Waals surface area contributed by atoms with E-state index in [1.807, 2.05) is 27.7 Å². The number of rotatable bonds is 9. The molecule has 6 nitrogen and oxygen atoms in total. The summed E-state index contributed by atoms with van der Waals surface area (Å²) < 4.78 is 22.8. The number of hydrogen-bond donors (Lipinski definition) is 0. The third-order valence-electron chi connectivity index (χ3n) is 4.08. The summed E-state index contributed by atoms with van der Waals surface area (Å²) in [5.41, 5.74) is 0. The van der Waals surface area contributed by atoms with Crippen LogP contribution in [0.5, 0.6) is 0 Å². The quantitative estimate of drug-likeness (QED) is 0.284. The summed E-state index contributed by atoms with van der Waals surface area (Å²) in [5.74, 6) is -1.59. The van der Waals surface area contributed by atoms with Crippen LogP contribution in [-0.4, -0.2) is 44.2 Å². The number of ether oxygens (including phenoxy) is 4. The largest absolute Gasteiger partial charge is 0.466 e. The Bertz CT molecular complexity index is 532. The van der Waals surface area contributed by atoms with Crippen LogP contribution < -0.4 is 0 Å². The second kappa shape index (κ2) is 11.0. The van der Waals surface area contributed by atoms with Gasteiger partial charge in [-0.3, -0.25) is 4.79 Å². The Labute approximate surface area is 169 Å². The van der Waals surface area contributed by atoms with E-state index in [9.17, 15) is 9.59 Å². The van der Waals surface area contributed by atoms with E-state index in [-0.39, 0.29) is 30.3 Å². The van der Waals surface area contributed by atoms with Gasteiger partial charge in [-0.1, -0.05) is 26.0 Å². The maximum atomic E-state index is 12.4. The molecule has 26 heavy (non-hydrogen) atoms. The number of hydrogen-bond acceptors (Lipinski definition) is 6. The van der Waals surface area contributed by atoms with Crippen molar-refractivity contribution in [3.8, 4) is 0 Å². The SMILES string of the molecule is COC(=O)/C=C/[C@@H](C)CC(=O)O[C@@H](CC1(C)OCCO1)[C@H](C)/C=C(/C)I. The van der Waals surface area contributed by atoms with Crippen molar-refractivity contribution < 1.29 is 28.5 Å². The normalized spacial score (nSPS) is 20.6. The van der Waals surface area contributed by atoms with E-state index < -0.39 is 11.8 Å². The second-order valence-corrected chi connectivity index (χ2v) is 8.44. The van der Waals surface area contributed by atoms with Crippen molar-refractivity contribution in [3.63, 3.8) is 0 Å². The number of allylic oxidation sites excluding steroid dienone is 2. The number of carbonyl (C=O) groups is 2. The van der Waals surface area contributed by atoms with Crippen molar-refractivity contribution >= 4 is 34.5 Å². The van der Waals surface area contributed by atoms with Gasteiger partial charge in [-0.05, 0) is 45.9 Å². The summed E-state index contributed by atoms with van der Waals surface area (Å²) in [7, 11) is 1.31. The van der Waals surface area contributed by atoms with Crippen LogP contribution in [0.3, 0.4) is 0 Å². The van der Waals surface area contributed by atoms with E-state index in [1.54, 1.807) is 6.08 Å². The zero-order valence-electron chi connectivity index (χ0n) is 16.1. The molecule has 7 heteroatoms. The molecule has 1 fully saturated rings. The van der Waals surface area contributed by atoms with E-state index in [0.29, 0.717) is 19.6 Å². The van der Waals surface area contributed by atoms with Crippen molar-refractivity contribution in [2.24, 2.45) is 11.8 Å². The molecule has 0 aromatic heterocycles. The van der Waals surface area contributed by atoms with E-state index in [0.717, 1.165) is 3.58 Å². The van der Waals surface area contributed by atoms with Gasteiger partial charge >= 0.3 is 11.9 Å². The molecule has 0 aromatic rings. The maximum Gasteiger partial charge on any atom is 0.330 e. The fourth-order valence-corrected chi connectivity index (χ4v) is 3.27. The molecule has 0 saturated carbocycles. The van der Waals surface area contributed by atoms with Gasteiger partial charge in [0.1, 0.15) is 6.10 Å². The van der Waals surface area contributed by atoms with Crippen LogP contribution in [0.25, 0.3) is 0 Å². The average molecular weight is 480 g/mol. The van der Waals surface area contributed by atoms with Gasteiger partial charge in [-0.2, -0.15) is 0 Å². The fourth-order valence-electron chi connectivity index (χ4n) is 2.70. The standard InChI is InChI=1S/C19H29IO6/c1-13(6-7-17(21)23-5)10-18(22)26-16(14(2)11-15(3)20)12-19(4)24-8-9-25-19/h6-7,11,13-14,16H,8-10,12H2,1-5H3/b7-6+,15-11-/t13-,14-,16+/m1/s1. The van der Waals surface area contributed by atoms with Gasteiger partial charge in [0.15, 0.2) is 5.79 Å². The molecular weight excluding hydrogens is 451 g/mol. The van der Waals surface area contributed by atoms with Crippen LogP contribution in [0.2, 0.25) is 0 Å². The van der Waals surface area contributed by atoms with E-state index in [4.69, 9.17) is 14.2 Å². The highest BCUT2D eigenvalue weighted by atomic mass is 127. The molecule has 1 saturated heterocycles. The van der Waals surface area contributed by atoms with Gasteiger partial charge in [0.25, 0.3) is 0 Å². The van der Waals surface area contributed by atoms with Crippen LogP contribution in [0.4, 0.5) is 0 Å². The molecule has 0 spiro atoms. The lowest BCUT2D eigenvalue weighted by molar-refractivity contribution is -0.180. The van der Waals surface area contributed by atoms with Crippen LogP contribution >= 0.6 is 22.6 Å². The minimum atomic E-state index is -0.734. The Morgan fingerprint density at radius 1 is 1.27 bits per heavy atom. The number of esters is 2. The number of carbonyl (C=O) groups excluding carboxylic acids is 2. The molecule has 1 aliphatic heterocycles. The van der Waals surface area contributed by atoms with E-state index in [1.165, 1.54) is 13.2 Å². The molecule has 0 amide bonds. The lowest BCUT2D eigenvalue weighted by Gasteiger charge is -2.30. The summed E-state index contributed by atoms with van der Waals surface area (Å²) in [6.45, 7) is 8.82. The highest BCUT2D eigenvalue weighted by Crippen LogP contribution is 2.30. The summed E-state index contributed by atoms with van der Waals surface area (Å²) in [4.78, 5) is 23.5. The van der Waals surface area contributed by atoms with Crippen LogP contribution in [0.1, 0.15) is 40.5 Å². The number of halogens is 1. The Hall–Kier alpha value is -0.930. The summed E-state index contributed by atoms with van der Waals surface area (Å²) in [6, 6.07) is 0. The fraction of sp³-hybridized carbons (Fsp3) is 0.684. The van der Waals surface area contributed by atoms with Crippen LogP contribution in [0, 0.1) is 11.8 Å². The van der Waals surface area contributed by atoms with Crippen molar-refractivity contribution in [2.75, 3.05) is 20.3 Å². The minimum absolute atomic E-state index is 0.0291. The molecule has 148 valence electrons. The topological polar surface area (TPSA) is 71.1 Å². The van der Waals surface area contributed by atoms with Gasteiger partial charge in [0, 0.05) is 18.4 Å². The van der Waals surface area contributed by atoms with Gasteiger partial charge in [0.05, 0.1) is 26.7 Å². The predicted molar refractivity (Wildman–Crippen MR) is 107 cm³/mol. The minimum Gasteiger partial charge on any atom is -0.466 e. The average Bonchev–Trinajstić information content (AvgIpc) is 2.97. The third kappa shape index (κ3) is 8.64. The van der Waals surface area contributed by atoms with Gasteiger partial charge in [0.2, 0.25) is 0 Å². The van der Waals surface area contributed by atoms with Gasteiger partial charge in [-0.25, -0.2) is 4.79 Å². The van der Waals surface area contributed by atoms with Crippen molar-refractivity contribution in [1.82, 2.24) is 0 Å². The van der Waals surface area contributed by atoms with Crippen molar-refractivity contribution in [3.05, 3.63) is 21.8 Å². The molecule has 0 aliphatic carbocycles. The Balaban J connectivity index is 2.71. The Kier molecular flexibility index (Phi) is 9.81. The maximum absolute atomic E-state index is 12.4. The highest BCUT2D eigenvalue weighted by molar-refractivity contribution is 14.1. The van der Waals surface area contributed by atoms with Crippen molar-refractivity contribution in [1.29, 1.82) is 0 Å². The Morgan fingerprint density at radius 2 is 1.88 bits per heavy atom. The van der Waals surface area contributed by atoms with E-state index in [2.05, 4.69) is 33.4 Å². The first-order chi connectivity index (χ1) is 12.1. The molecule has 0 N–H and O–H groups in total.